The number of pyridine rings is 2. The molecule has 0 unspecified atom stereocenters. The number of hydrogen-bond acceptors (Lipinski definition) is 7. The third kappa shape index (κ3) is 4.65. The van der Waals surface area contributed by atoms with E-state index in [2.05, 4.69) is 30.7 Å². The molecule has 2 aromatic heterocycles. The Balaban J connectivity index is 1.53. The Kier molecular flexibility index (Phi) is 6.16. The van der Waals surface area contributed by atoms with Gasteiger partial charge >= 0.3 is 0 Å². The number of aryl methyl sites for hydroxylation is 1. The van der Waals surface area contributed by atoms with E-state index >= 15 is 0 Å². The molecule has 0 saturated carbocycles. The molecule has 0 radical (unpaired) electrons. The Morgan fingerprint density at radius 3 is 2.69 bits per heavy atom. The van der Waals surface area contributed by atoms with Crippen LogP contribution in [0.25, 0.3) is 11.1 Å². The SMILES string of the molecule is CCc1cnc(N2CCOc3ccc(-c4cnc(N)c(S(=O)(=O)O)c4)cc3C2)c2c1CCC(C)(C)C2. The van der Waals surface area contributed by atoms with Crippen LogP contribution in [0, 0.1) is 5.41 Å². The number of nitrogen functional groups attached to an aromatic ring is 1. The molecule has 3 aromatic rings. The first-order chi connectivity index (χ1) is 17.1. The molecule has 1 aromatic carbocycles. The first-order valence-corrected chi connectivity index (χ1v) is 13.7. The Morgan fingerprint density at radius 2 is 1.94 bits per heavy atom. The highest BCUT2D eigenvalue weighted by atomic mass is 32.2. The van der Waals surface area contributed by atoms with Crippen molar-refractivity contribution in [2.75, 3.05) is 23.8 Å². The molecule has 1 aliphatic heterocycles. The van der Waals surface area contributed by atoms with Crippen molar-refractivity contribution < 1.29 is 17.7 Å². The van der Waals surface area contributed by atoms with Gasteiger partial charge in [0.05, 0.1) is 6.54 Å². The van der Waals surface area contributed by atoms with Gasteiger partial charge in [-0.1, -0.05) is 26.8 Å². The second kappa shape index (κ2) is 9.05. The molecule has 0 atom stereocenters. The van der Waals surface area contributed by atoms with Crippen LogP contribution in [0.5, 0.6) is 5.75 Å². The second-order valence-electron chi connectivity index (χ2n) is 10.4. The van der Waals surface area contributed by atoms with Gasteiger partial charge in [0, 0.05) is 30.1 Å². The monoisotopic (exact) mass is 508 g/mol. The van der Waals surface area contributed by atoms with Gasteiger partial charge in [0.1, 0.15) is 28.9 Å². The molecule has 3 N–H and O–H groups in total. The number of benzene rings is 1. The van der Waals surface area contributed by atoms with Crippen molar-refractivity contribution in [2.24, 2.45) is 5.41 Å². The number of rotatable bonds is 4. The van der Waals surface area contributed by atoms with Crippen LogP contribution in [0.3, 0.4) is 0 Å². The molecule has 0 saturated heterocycles. The van der Waals surface area contributed by atoms with Crippen LogP contribution in [0.15, 0.2) is 41.6 Å². The lowest BCUT2D eigenvalue weighted by atomic mass is 9.73. The molecule has 1 aliphatic carbocycles. The zero-order chi connectivity index (χ0) is 25.7. The maximum atomic E-state index is 11.7. The van der Waals surface area contributed by atoms with Crippen LogP contribution in [0.4, 0.5) is 11.6 Å². The Labute approximate surface area is 212 Å². The van der Waals surface area contributed by atoms with E-state index in [9.17, 15) is 13.0 Å². The average Bonchev–Trinajstić information content (AvgIpc) is 3.04. The predicted molar refractivity (Wildman–Crippen MR) is 140 cm³/mol. The van der Waals surface area contributed by atoms with Gasteiger partial charge in [0.25, 0.3) is 10.1 Å². The molecular formula is C27H32N4O4S. The van der Waals surface area contributed by atoms with Crippen molar-refractivity contribution >= 4 is 21.8 Å². The maximum absolute atomic E-state index is 11.7. The van der Waals surface area contributed by atoms with E-state index in [4.69, 9.17) is 15.5 Å². The summed E-state index contributed by atoms with van der Waals surface area (Å²) in [4.78, 5) is 10.8. The highest BCUT2D eigenvalue weighted by Gasteiger charge is 2.31. The van der Waals surface area contributed by atoms with E-state index in [0.717, 1.165) is 42.0 Å². The summed E-state index contributed by atoms with van der Waals surface area (Å²) in [6, 6.07) is 7.07. The fraction of sp³-hybridized carbons (Fsp3) is 0.407. The summed E-state index contributed by atoms with van der Waals surface area (Å²) < 4.78 is 39.0. The van der Waals surface area contributed by atoms with Crippen LogP contribution >= 0.6 is 0 Å². The molecular weight excluding hydrogens is 476 g/mol. The number of hydrogen-bond donors (Lipinski definition) is 2. The maximum Gasteiger partial charge on any atom is 0.298 e. The summed E-state index contributed by atoms with van der Waals surface area (Å²) in [6.07, 6.45) is 7.76. The van der Waals surface area contributed by atoms with Gasteiger partial charge in [-0.05, 0) is 71.6 Å². The molecule has 0 bridgehead atoms. The van der Waals surface area contributed by atoms with Gasteiger partial charge in [-0.2, -0.15) is 8.42 Å². The fourth-order valence-corrected chi connectivity index (χ4v) is 5.90. The van der Waals surface area contributed by atoms with E-state index in [0.29, 0.717) is 25.3 Å². The van der Waals surface area contributed by atoms with Gasteiger partial charge in [0.2, 0.25) is 0 Å². The minimum atomic E-state index is -4.48. The van der Waals surface area contributed by atoms with Crippen molar-refractivity contribution in [3.63, 3.8) is 0 Å². The normalized spacial score (nSPS) is 17.1. The number of nitrogens with zero attached hydrogens (tertiary/aromatic N) is 3. The Bertz CT molecular complexity index is 1440. The van der Waals surface area contributed by atoms with Crippen molar-refractivity contribution in [1.82, 2.24) is 9.97 Å². The van der Waals surface area contributed by atoms with Gasteiger partial charge in [-0.15, -0.1) is 0 Å². The van der Waals surface area contributed by atoms with Gasteiger partial charge in [-0.3, -0.25) is 4.55 Å². The Hall–Kier alpha value is -3.17. The summed E-state index contributed by atoms with van der Waals surface area (Å²) in [6.45, 7) is 8.71. The average molecular weight is 509 g/mol. The summed E-state index contributed by atoms with van der Waals surface area (Å²) >= 11 is 0. The predicted octanol–water partition coefficient (Wildman–Crippen LogP) is 4.45. The quantitative estimate of drug-likeness (QED) is 0.496. The molecule has 9 heteroatoms. The largest absolute Gasteiger partial charge is 0.491 e. The standard InChI is InChI=1S/C27H32N4O4S/c1-4-17-14-30-26(22-13-27(2,3)8-7-21(17)22)31-9-10-35-23-6-5-18(11-20(23)16-31)19-12-24(36(32,33)34)25(28)29-15-19/h5-6,11-12,14-15H,4,7-10,13,16H2,1-3H3,(H2,28,29)(H,32,33,34). The third-order valence-electron chi connectivity index (χ3n) is 7.29. The first-order valence-electron chi connectivity index (χ1n) is 12.3. The zero-order valence-electron chi connectivity index (χ0n) is 20.9. The number of anilines is 2. The number of nitrogens with two attached hydrogens (primary N) is 1. The highest BCUT2D eigenvalue weighted by molar-refractivity contribution is 7.86. The molecule has 0 amide bonds. The topological polar surface area (TPSA) is 119 Å². The third-order valence-corrected chi connectivity index (χ3v) is 8.17. The summed E-state index contributed by atoms with van der Waals surface area (Å²) in [5, 5.41) is 0. The van der Waals surface area contributed by atoms with Crippen LogP contribution < -0.4 is 15.4 Å². The molecule has 5 rings (SSSR count). The van der Waals surface area contributed by atoms with Gasteiger partial charge < -0.3 is 15.4 Å². The van der Waals surface area contributed by atoms with E-state index in [1.807, 2.05) is 24.4 Å². The van der Waals surface area contributed by atoms with Gasteiger partial charge in [0.15, 0.2) is 0 Å². The zero-order valence-corrected chi connectivity index (χ0v) is 21.7. The summed E-state index contributed by atoms with van der Waals surface area (Å²) in [5.74, 6) is 1.58. The van der Waals surface area contributed by atoms with E-state index in [1.165, 1.54) is 35.4 Å². The highest BCUT2D eigenvalue weighted by Crippen LogP contribution is 2.41. The second-order valence-corrected chi connectivity index (χ2v) is 11.8. The van der Waals surface area contributed by atoms with E-state index < -0.39 is 15.0 Å². The Morgan fingerprint density at radius 1 is 1.14 bits per heavy atom. The summed E-state index contributed by atoms with van der Waals surface area (Å²) in [7, 11) is -4.48. The van der Waals surface area contributed by atoms with Crippen LogP contribution in [0.1, 0.15) is 49.4 Å². The molecule has 2 aliphatic rings. The minimum absolute atomic E-state index is 0.232. The summed E-state index contributed by atoms with van der Waals surface area (Å²) in [5.41, 5.74) is 12.3. The van der Waals surface area contributed by atoms with Crippen LogP contribution in [0.2, 0.25) is 0 Å². The van der Waals surface area contributed by atoms with Crippen LogP contribution in [-0.2, 0) is 35.9 Å². The number of ether oxygens (including phenoxy) is 1. The lowest BCUT2D eigenvalue weighted by molar-refractivity contribution is 0.313. The molecule has 0 spiro atoms. The van der Waals surface area contributed by atoms with Crippen molar-refractivity contribution in [1.29, 1.82) is 0 Å². The van der Waals surface area contributed by atoms with Gasteiger partial charge in [-0.25, -0.2) is 9.97 Å². The number of aromatic nitrogens is 2. The van der Waals surface area contributed by atoms with E-state index in [1.54, 1.807) is 0 Å². The smallest absolute Gasteiger partial charge is 0.298 e. The van der Waals surface area contributed by atoms with Crippen molar-refractivity contribution in [2.45, 2.75) is 57.9 Å². The fourth-order valence-electron chi connectivity index (χ4n) is 5.30. The molecule has 0 fully saturated rings. The lowest BCUT2D eigenvalue weighted by Crippen LogP contribution is -2.31. The van der Waals surface area contributed by atoms with Crippen molar-refractivity contribution in [3.05, 3.63) is 58.9 Å². The number of fused-ring (bicyclic) bond motifs is 2. The van der Waals surface area contributed by atoms with Crippen molar-refractivity contribution in [3.8, 4) is 16.9 Å². The van der Waals surface area contributed by atoms with Crippen LogP contribution in [-0.4, -0.2) is 36.1 Å². The first kappa shape index (κ1) is 24.5. The molecule has 190 valence electrons. The molecule has 3 heterocycles. The molecule has 36 heavy (non-hydrogen) atoms. The minimum Gasteiger partial charge on any atom is -0.491 e. The molecule has 8 nitrogen and oxygen atoms in total. The van der Waals surface area contributed by atoms with E-state index in [-0.39, 0.29) is 11.2 Å². The lowest BCUT2D eigenvalue weighted by Gasteiger charge is -2.35.